The van der Waals surface area contributed by atoms with E-state index in [1.807, 2.05) is 44.0 Å². The Morgan fingerprint density at radius 2 is 2.18 bits per heavy atom. The maximum absolute atomic E-state index is 11.1. The van der Waals surface area contributed by atoms with Crippen molar-refractivity contribution in [2.45, 2.75) is 39.3 Å². The third-order valence-corrected chi connectivity index (χ3v) is 2.89. The van der Waals surface area contributed by atoms with E-state index in [1.54, 1.807) is 0 Å². The number of rotatable bonds is 6. The van der Waals surface area contributed by atoms with E-state index in [4.69, 9.17) is 5.11 Å². The lowest BCUT2D eigenvalue weighted by molar-refractivity contribution is -0.143. The number of nitrogens with zero attached hydrogens (tertiary/aromatic N) is 1. The number of hydrogen-bond acceptors (Lipinski definition) is 2. The third kappa shape index (κ3) is 4.19. The van der Waals surface area contributed by atoms with E-state index >= 15 is 0 Å². The minimum atomic E-state index is -0.734. The predicted molar refractivity (Wildman–Crippen MR) is 69.0 cm³/mol. The number of carbonyl (C=O) groups is 1. The molecule has 3 nitrogen and oxygen atoms in total. The van der Waals surface area contributed by atoms with Gasteiger partial charge in [0.25, 0.3) is 0 Å². The molecule has 94 valence electrons. The van der Waals surface area contributed by atoms with Gasteiger partial charge in [0.1, 0.15) is 6.04 Å². The van der Waals surface area contributed by atoms with Crippen LogP contribution < -0.4 is 0 Å². The van der Waals surface area contributed by atoms with Crippen LogP contribution >= 0.6 is 0 Å². The van der Waals surface area contributed by atoms with Crippen LogP contribution in [0.15, 0.2) is 24.3 Å². The van der Waals surface area contributed by atoms with Crippen LogP contribution in [0.4, 0.5) is 0 Å². The average Bonchev–Trinajstić information content (AvgIpc) is 2.25. The Hall–Kier alpha value is -1.35. The van der Waals surface area contributed by atoms with Gasteiger partial charge in [-0.2, -0.15) is 0 Å². The van der Waals surface area contributed by atoms with Crippen molar-refractivity contribution in [1.29, 1.82) is 0 Å². The number of carboxylic acid groups (broad SMARTS) is 1. The first-order valence-corrected chi connectivity index (χ1v) is 6.03. The zero-order valence-corrected chi connectivity index (χ0v) is 10.8. The van der Waals surface area contributed by atoms with Gasteiger partial charge < -0.3 is 5.11 Å². The second-order valence-corrected chi connectivity index (χ2v) is 4.55. The lowest BCUT2D eigenvalue weighted by atomic mass is 10.1. The highest BCUT2D eigenvalue weighted by atomic mass is 16.4. The molecular weight excluding hydrogens is 214 g/mol. The van der Waals surface area contributed by atoms with E-state index in [2.05, 4.69) is 6.07 Å². The molecule has 1 rings (SSSR count). The Morgan fingerprint density at radius 3 is 2.71 bits per heavy atom. The first-order valence-electron chi connectivity index (χ1n) is 6.03. The first kappa shape index (κ1) is 13.7. The molecule has 0 saturated heterocycles. The minimum absolute atomic E-state index is 0.388. The number of likely N-dealkylation sites (N-methyl/N-ethyl adjacent to an activating group) is 1. The summed E-state index contributed by atoms with van der Waals surface area (Å²) in [5.74, 6) is -0.734. The smallest absolute Gasteiger partial charge is 0.320 e. The van der Waals surface area contributed by atoms with Gasteiger partial charge in [0.15, 0.2) is 0 Å². The van der Waals surface area contributed by atoms with Gasteiger partial charge in [0.05, 0.1) is 0 Å². The number of aliphatic carboxylic acids is 1. The molecule has 0 amide bonds. The quantitative estimate of drug-likeness (QED) is 0.824. The average molecular weight is 235 g/mol. The van der Waals surface area contributed by atoms with Gasteiger partial charge in [-0.1, -0.05) is 43.2 Å². The van der Waals surface area contributed by atoms with Crippen molar-refractivity contribution in [2.24, 2.45) is 0 Å². The number of aryl methyl sites for hydroxylation is 1. The Kier molecular flexibility index (Phi) is 5.16. The predicted octanol–water partition coefficient (Wildman–Crippen LogP) is 2.68. The van der Waals surface area contributed by atoms with Gasteiger partial charge in [-0.15, -0.1) is 0 Å². The monoisotopic (exact) mass is 235 g/mol. The molecule has 1 aromatic carbocycles. The molecule has 1 aromatic rings. The SMILES string of the molecule is CCCC(C(=O)O)N(C)Cc1cccc(C)c1. The lowest BCUT2D eigenvalue weighted by Gasteiger charge is -2.24. The van der Waals surface area contributed by atoms with E-state index in [1.165, 1.54) is 5.56 Å². The normalized spacial score (nSPS) is 12.7. The van der Waals surface area contributed by atoms with Gasteiger partial charge in [0.2, 0.25) is 0 Å². The molecule has 0 aromatic heterocycles. The van der Waals surface area contributed by atoms with Gasteiger partial charge >= 0.3 is 5.97 Å². The van der Waals surface area contributed by atoms with Crippen molar-refractivity contribution in [1.82, 2.24) is 4.90 Å². The summed E-state index contributed by atoms with van der Waals surface area (Å²) in [5, 5.41) is 9.17. The fourth-order valence-corrected chi connectivity index (χ4v) is 2.01. The van der Waals surface area contributed by atoms with Crippen LogP contribution in [0.25, 0.3) is 0 Å². The molecule has 3 heteroatoms. The molecular formula is C14H21NO2. The topological polar surface area (TPSA) is 40.5 Å². The van der Waals surface area contributed by atoms with Crippen molar-refractivity contribution >= 4 is 5.97 Å². The Balaban J connectivity index is 2.69. The molecule has 1 N–H and O–H groups in total. The summed E-state index contributed by atoms with van der Waals surface area (Å²) in [5.41, 5.74) is 2.37. The molecule has 1 atom stereocenters. The Labute approximate surface area is 103 Å². The summed E-state index contributed by atoms with van der Waals surface area (Å²) in [4.78, 5) is 13.0. The molecule has 0 fully saturated rings. The molecule has 0 aliphatic heterocycles. The van der Waals surface area contributed by atoms with Crippen LogP contribution in [0, 0.1) is 6.92 Å². The summed E-state index contributed by atoms with van der Waals surface area (Å²) in [6.07, 6.45) is 1.58. The minimum Gasteiger partial charge on any atom is -0.480 e. The second-order valence-electron chi connectivity index (χ2n) is 4.55. The largest absolute Gasteiger partial charge is 0.480 e. The van der Waals surface area contributed by atoms with Gasteiger partial charge in [-0.05, 0) is 26.0 Å². The zero-order valence-electron chi connectivity index (χ0n) is 10.8. The van der Waals surface area contributed by atoms with E-state index < -0.39 is 5.97 Å². The van der Waals surface area contributed by atoms with Gasteiger partial charge in [0, 0.05) is 6.54 Å². The van der Waals surface area contributed by atoms with Crippen molar-refractivity contribution in [3.8, 4) is 0 Å². The second kappa shape index (κ2) is 6.40. The van der Waals surface area contributed by atoms with Gasteiger partial charge in [-0.25, -0.2) is 0 Å². The molecule has 17 heavy (non-hydrogen) atoms. The molecule has 0 radical (unpaired) electrons. The summed E-state index contributed by atoms with van der Waals surface area (Å²) < 4.78 is 0. The van der Waals surface area contributed by atoms with E-state index in [-0.39, 0.29) is 6.04 Å². The lowest BCUT2D eigenvalue weighted by Crippen LogP contribution is -2.37. The summed E-state index contributed by atoms with van der Waals surface area (Å²) in [6, 6.07) is 7.80. The van der Waals surface area contributed by atoms with Crippen LogP contribution in [0.5, 0.6) is 0 Å². The van der Waals surface area contributed by atoms with Crippen molar-refractivity contribution in [3.05, 3.63) is 35.4 Å². The zero-order chi connectivity index (χ0) is 12.8. The highest BCUT2D eigenvalue weighted by Gasteiger charge is 2.21. The summed E-state index contributed by atoms with van der Waals surface area (Å²) in [7, 11) is 1.87. The number of carboxylic acids is 1. The van der Waals surface area contributed by atoms with Gasteiger partial charge in [-0.3, -0.25) is 9.69 Å². The van der Waals surface area contributed by atoms with Crippen molar-refractivity contribution in [3.63, 3.8) is 0 Å². The number of hydrogen-bond donors (Lipinski definition) is 1. The van der Waals surface area contributed by atoms with Crippen LogP contribution in [0.3, 0.4) is 0 Å². The highest BCUT2D eigenvalue weighted by Crippen LogP contribution is 2.12. The standard InChI is InChI=1S/C14H21NO2/c1-4-6-13(14(16)17)15(3)10-12-8-5-7-11(2)9-12/h5,7-9,13H,4,6,10H2,1-3H3,(H,16,17). The molecule has 0 saturated carbocycles. The van der Waals surface area contributed by atoms with E-state index in [0.717, 1.165) is 12.0 Å². The molecule has 0 bridgehead atoms. The molecule has 0 heterocycles. The Morgan fingerprint density at radius 1 is 1.47 bits per heavy atom. The molecule has 1 unspecified atom stereocenters. The maximum Gasteiger partial charge on any atom is 0.320 e. The van der Waals surface area contributed by atoms with E-state index in [0.29, 0.717) is 13.0 Å². The van der Waals surface area contributed by atoms with Crippen LogP contribution in [-0.2, 0) is 11.3 Å². The fraction of sp³-hybridized carbons (Fsp3) is 0.500. The molecule has 0 spiro atoms. The van der Waals surface area contributed by atoms with Crippen LogP contribution in [0.2, 0.25) is 0 Å². The highest BCUT2D eigenvalue weighted by molar-refractivity contribution is 5.73. The molecule has 0 aliphatic rings. The summed E-state index contributed by atoms with van der Waals surface area (Å²) >= 11 is 0. The first-order chi connectivity index (χ1) is 8.04. The van der Waals surface area contributed by atoms with E-state index in [9.17, 15) is 4.79 Å². The maximum atomic E-state index is 11.1. The van der Waals surface area contributed by atoms with Crippen molar-refractivity contribution < 1.29 is 9.90 Å². The van der Waals surface area contributed by atoms with Crippen molar-refractivity contribution in [2.75, 3.05) is 7.05 Å². The number of benzene rings is 1. The fourth-order valence-electron chi connectivity index (χ4n) is 2.01. The third-order valence-electron chi connectivity index (χ3n) is 2.89. The van der Waals surface area contributed by atoms with Crippen LogP contribution in [-0.4, -0.2) is 29.1 Å². The van der Waals surface area contributed by atoms with Crippen LogP contribution in [0.1, 0.15) is 30.9 Å². The Bertz CT molecular complexity index is 376. The summed E-state index contributed by atoms with van der Waals surface area (Å²) in [6.45, 7) is 4.74. The molecule has 0 aliphatic carbocycles.